The standard InChI is InChI=1S/C19H21F3N2O4S2/c1-29(25,26)16-6-7-17(18(13-16)30(2,27)28)24-10-8-23(9-11-24)15-5-3-4-14(12-15)19(20,21)22/h3-7,12-13H,8-11H2,1-2H3. The summed E-state index contributed by atoms with van der Waals surface area (Å²) in [5.74, 6) is 0. The van der Waals surface area contributed by atoms with Crippen LogP contribution in [-0.2, 0) is 25.9 Å². The Balaban J connectivity index is 1.85. The Morgan fingerprint density at radius 1 is 0.800 bits per heavy atom. The summed E-state index contributed by atoms with van der Waals surface area (Å²) in [4.78, 5) is 3.43. The van der Waals surface area contributed by atoms with Gasteiger partial charge in [-0.05, 0) is 36.4 Å². The van der Waals surface area contributed by atoms with Gasteiger partial charge in [0.2, 0.25) is 0 Å². The minimum Gasteiger partial charge on any atom is -0.368 e. The molecule has 164 valence electrons. The Kier molecular flexibility index (Phi) is 5.80. The number of halogens is 3. The Labute approximate surface area is 173 Å². The summed E-state index contributed by atoms with van der Waals surface area (Å²) in [5, 5.41) is 0. The second kappa shape index (κ2) is 7.77. The van der Waals surface area contributed by atoms with Crippen molar-refractivity contribution in [1.82, 2.24) is 0 Å². The topological polar surface area (TPSA) is 74.8 Å². The van der Waals surface area contributed by atoms with Gasteiger partial charge in [0, 0.05) is 44.4 Å². The number of piperazine rings is 1. The van der Waals surface area contributed by atoms with Crippen molar-refractivity contribution in [3.05, 3.63) is 48.0 Å². The Morgan fingerprint density at radius 2 is 1.40 bits per heavy atom. The van der Waals surface area contributed by atoms with E-state index in [-0.39, 0.29) is 9.79 Å². The van der Waals surface area contributed by atoms with Crippen molar-refractivity contribution in [3.8, 4) is 0 Å². The van der Waals surface area contributed by atoms with Gasteiger partial charge in [0.25, 0.3) is 0 Å². The van der Waals surface area contributed by atoms with Crippen LogP contribution in [0.5, 0.6) is 0 Å². The van der Waals surface area contributed by atoms with Gasteiger partial charge in [0.05, 0.1) is 21.0 Å². The quantitative estimate of drug-likeness (QED) is 0.696. The summed E-state index contributed by atoms with van der Waals surface area (Å²) in [6.45, 7) is 1.52. The molecule has 2 aromatic rings. The third-order valence-electron chi connectivity index (χ3n) is 4.92. The van der Waals surface area contributed by atoms with Crippen LogP contribution >= 0.6 is 0 Å². The molecule has 0 amide bonds. The van der Waals surface area contributed by atoms with Crippen LogP contribution in [0.25, 0.3) is 0 Å². The number of sulfone groups is 2. The SMILES string of the molecule is CS(=O)(=O)c1ccc(N2CCN(c3cccc(C(F)(F)F)c3)CC2)c(S(C)(=O)=O)c1. The van der Waals surface area contributed by atoms with Crippen molar-refractivity contribution >= 4 is 31.0 Å². The number of nitrogens with zero attached hydrogens (tertiary/aromatic N) is 2. The third kappa shape index (κ3) is 4.89. The number of anilines is 2. The number of hydrogen-bond acceptors (Lipinski definition) is 6. The van der Waals surface area contributed by atoms with E-state index < -0.39 is 31.4 Å². The van der Waals surface area contributed by atoms with Gasteiger partial charge in [0.1, 0.15) is 0 Å². The van der Waals surface area contributed by atoms with E-state index in [0.717, 1.165) is 30.7 Å². The molecule has 0 atom stereocenters. The van der Waals surface area contributed by atoms with E-state index in [1.165, 1.54) is 18.2 Å². The molecule has 0 aromatic heterocycles. The van der Waals surface area contributed by atoms with Gasteiger partial charge >= 0.3 is 6.18 Å². The predicted molar refractivity (Wildman–Crippen MR) is 109 cm³/mol. The molecule has 2 aromatic carbocycles. The van der Waals surface area contributed by atoms with E-state index in [9.17, 15) is 30.0 Å². The maximum absolute atomic E-state index is 13.0. The van der Waals surface area contributed by atoms with Crippen LogP contribution in [-0.4, -0.2) is 55.5 Å². The Morgan fingerprint density at radius 3 is 1.93 bits per heavy atom. The molecule has 0 N–H and O–H groups in total. The fourth-order valence-corrected chi connectivity index (χ4v) is 5.01. The van der Waals surface area contributed by atoms with Crippen molar-refractivity contribution < 1.29 is 30.0 Å². The molecule has 1 aliphatic rings. The summed E-state index contributed by atoms with van der Waals surface area (Å²) >= 11 is 0. The molecule has 1 fully saturated rings. The number of benzene rings is 2. The molecule has 1 aliphatic heterocycles. The molecule has 0 bridgehead atoms. The van der Waals surface area contributed by atoms with E-state index in [2.05, 4.69) is 0 Å². The molecule has 0 saturated carbocycles. The molecular weight excluding hydrogens is 441 g/mol. The van der Waals surface area contributed by atoms with E-state index >= 15 is 0 Å². The molecule has 0 radical (unpaired) electrons. The molecule has 1 saturated heterocycles. The van der Waals surface area contributed by atoms with Gasteiger partial charge in [-0.25, -0.2) is 16.8 Å². The lowest BCUT2D eigenvalue weighted by atomic mass is 10.1. The summed E-state index contributed by atoms with van der Waals surface area (Å²) in [5.41, 5.74) is 0.104. The number of hydrogen-bond donors (Lipinski definition) is 0. The van der Waals surface area contributed by atoms with Crippen molar-refractivity contribution in [2.75, 3.05) is 48.5 Å². The van der Waals surface area contributed by atoms with E-state index in [0.29, 0.717) is 37.6 Å². The summed E-state index contributed by atoms with van der Waals surface area (Å²) in [6.07, 6.45) is -2.41. The second-order valence-corrected chi connectivity index (χ2v) is 11.2. The van der Waals surface area contributed by atoms with Crippen LogP contribution in [0, 0.1) is 0 Å². The van der Waals surface area contributed by atoms with Crippen molar-refractivity contribution in [2.24, 2.45) is 0 Å². The summed E-state index contributed by atoms with van der Waals surface area (Å²) in [6, 6.07) is 9.05. The van der Waals surface area contributed by atoms with Gasteiger partial charge in [-0.2, -0.15) is 13.2 Å². The Hall–Kier alpha value is -2.27. The highest BCUT2D eigenvalue weighted by Gasteiger charge is 2.31. The fraction of sp³-hybridized carbons (Fsp3) is 0.368. The molecule has 3 rings (SSSR count). The van der Waals surface area contributed by atoms with Crippen LogP contribution in [0.3, 0.4) is 0 Å². The van der Waals surface area contributed by atoms with Crippen LogP contribution in [0.2, 0.25) is 0 Å². The lowest BCUT2D eigenvalue weighted by molar-refractivity contribution is -0.137. The second-order valence-electron chi connectivity index (χ2n) is 7.20. The van der Waals surface area contributed by atoms with E-state index in [1.807, 2.05) is 0 Å². The first kappa shape index (κ1) is 22.4. The molecule has 0 spiro atoms. The highest BCUT2D eigenvalue weighted by Crippen LogP contribution is 2.33. The van der Waals surface area contributed by atoms with Crippen molar-refractivity contribution in [1.29, 1.82) is 0 Å². The first-order valence-electron chi connectivity index (χ1n) is 8.98. The smallest absolute Gasteiger partial charge is 0.368 e. The summed E-state index contributed by atoms with van der Waals surface area (Å²) < 4.78 is 87.0. The van der Waals surface area contributed by atoms with Gasteiger partial charge in [-0.15, -0.1) is 0 Å². The average Bonchev–Trinajstić information content (AvgIpc) is 2.66. The summed E-state index contributed by atoms with van der Waals surface area (Å²) in [7, 11) is -7.28. The molecule has 0 aliphatic carbocycles. The molecular formula is C19H21F3N2O4S2. The molecule has 0 unspecified atom stereocenters. The highest BCUT2D eigenvalue weighted by atomic mass is 32.2. The van der Waals surface area contributed by atoms with Crippen molar-refractivity contribution in [3.63, 3.8) is 0 Å². The normalized spacial score (nSPS) is 16.0. The van der Waals surface area contributed by atoms with Crippen molar-refractivity contribution in [2.45, 2.75) is 16.0 Å². The third-order valence-corrected chi connectivity index (χ3v) is 7.15. The Bertz CT molecular complexity index is 1150. The zero-order valence-corrected chi connectivity index (χ0v) is 18.0. The molecule has 1 heterocycles. The molecule has 30 heavy (non-hydrogen) atoms. The van der Waals surface area contributed by atoms with Gasteiger partial charge in [0.15, 0.2) is 19.7 Å². The predicted octanol–water partition coefficient (Wildman–Crippen LogP) is 2.84. The average molecular weight is 463 g/mol. The van der Waals surface area contributed by atoms with Crippen LogP contribution in [0.15, 0.2) is 52.3 Å². The highest BCUT2D eigenvalue weighted by molar-refractivity contribution is 7.91. The minimum absolute atomic E-state index is 0.0852. The van der Waals surface area contributed by atoms with Crippen LogP contribution in [0.1, 0.15) is 5.56 Å². The van der Waals surface area contributed by atoms with Crippen LogP contribution < -0.4 is 9.80 Å². The maximum Gasteiger partial charge on any atom is 0.416 e. The van der Waals surface area contributed by atoms with Crippen LogP contribution in [0.4, 0.5) is 24.5 Å². The lowest BCUT2D eigenvalue weighted by Gasteiger charge is -2.38. The molecule has 6 nitrogen and oxygen atoms in total. The largest absolute Gasteiger partial charge is 0.416 e. The zero-order chi connectivity index (χ0) is 22.3. The van der Waals surface area contributed by atoms with E-state index in [4.69, 9.17) is 0 Å². The lowest BCUT2D eigenvalue weighted by Crippen LogP contribution is -2.47. The minimum atomic E-state index is -4.43. The van der Waals surface area contributed by atoms with Gasteiger partial charge < -0.3 is 9.80 Å². The monoisotopic (exact) mass is 462 g/mol. The number of alkyl halides is 3. The van der Waals surface area contributed by atoms with E-state index in [1.54, 1.807) is 15.9 Å². The zero-order valence-electron chi connectivity index (χ0n) is 16.3. The first-order valence-corrected chi connectivity index (χ1v) is 12.8. The van der Waals surface area contributed by atoms with Gasteiger partial charge in [-0.3, -0.25) is 0 Å². The number of rotatable bonds is 4. The molecule has 11 heteroatoms. The van der Waals surface area contributed by atoms with Gasteiger partial charge in [-0.1, -0.05) is 6.07 Å². The maximum atomic E-state index is 13.0. The fourth-order valence-electron chi connectivity index (χ4n) is 3.37. The first-order chi connectivity index (χ1) is 13.8.